The van der Waals surface area contributed by atoms with Crippen molar-refractivity contribution >= 4 is 18.3 Å². The lowest BCUT2D eigenvalue weighted by Gasteiger charge is -2.25. The molecule has 1 amide bonds. The van der Waals surface area contributed by atoms with Crippen molar-refractivity contribution in [3.63, 3.8) is 0 Å². The van der Waals surface area contributed by atoms with Crippen LogP contribution in [-0.2, 0) is 16.1 Å². The maximum atomic E-state index is 12.0. The van der Waals surface area contributed by atoms with E-state index in [0.29, 0.717) is 19.8 Å². The molecule has 0 saturated heterocycles. The second kappa shape index (κ2) is 9.77. The normalized spacial score (nSPS) is 21.4. The first-order chi connectivity index (χ1) is 9.75. The van der Waals surface area contributed by atoms with Crippen molar-refractivity contribution in [3.8, 4) is 0 Å². The van der Waals surface area contributed by atoms with Gasteiger partial charge in [-0.25, -0.2) is 0 Å². The first-order valence-corrected chi connectivity index (χ1v) is 7.40. The van der Waals surface area contributed by atoms with E-state index in [0.717, 1.165) is 31.2 Å². The Hall–Kier alpha value is -1.10. The molecule has 2 rings (SSSR count). The standard InChI is InChI=1S/C16H24N2O2.ClH/c17-15-8-4-7-14(11-15)16(19)18-9-10-20-12-13-5-2-1-3-6-13;/h1-3,5-6,14-15H,4,7-12,17H2,(H,18,19);1H. The zero-order chi connectivity index (χ0) is 14.2. The van der Waals surface area contributed by atoms with E-state index in [2.05, 4.69) is 5.32 Å². The molecule has 3 N–H and O–H groups in total. The summed E-state index contributed by atoms with van der Waals surface area (Å²) in [4.78, 5) is 12.0. The van der Waals surface area contributed by atoms with Crippen LogP contribution in [0.3, 0.4) is 0 Å². The van der Waals surface area contributed by atoms with Gasteiger partial charge in [0.25, 0.3) is 0 Å². The van der Waals surface area contributed by atoms with Crippen LogP contribution >= 0.6 is 12.4 Å². The third-order valence-corrected chi connectivity index (χ3v) is 3.74. The van der Waals surface area contributed by atoms with Gasteiger partial charge in [0.15, 0.2) is 0 Å². The number of nitrogens with one attached hydrogen (secondary N) is 1. The monoisotopic (exact) mass is 312 g/mol. The van der Waals surface area contributed by atoms with Crippen LogP contribution in [0.2, 0.25) is 0 Å². The number of carbonyl (C=O) groups excluding carboxylic acids is 1. The number of benzene rings is 1. The fraction of sp³-hybridized carbons (Fsp3) is 0.562. The summed E-state index contributed by atoms with van der Waals surface area (Å²) in [5, 5.41) is 2.94. The number of nitrogens with two attached hydrogens (primary N) is 1. The van der Waals surface area contributed by atoms with Gasteiger partial charge in [-0.15, -0.1) is 12.4 Å². The quantitative estimate of drug-likeness (QED) is 0.792. The predicted octanol–water partition coefficient (Wildman–Crippen LogP) is 2.26. The molecule has 0 heterocycles. The molecule has 2 unspecified atom stereocenters. The Morgan fingerprint density at radius 1 is 1.29 bits per heavy atom. The molecule has 5 heteroatoms. The molecule has 1 aromatic rings. The lowest BCUT2D eigenvalue weighted by atomic mass is 9.85. The highest BCUT2D eigenvalue weighted by Gasteiger charge is 2.24. The SMILES string of the molecule is Cl.NC1CCCC(C(=O)NCCOCc2ccccc2)C1. The van der Waals surface area contributed by atoms with E-state index < -0.39 is 0 Å². The molecule has 0 aromatic heterocycles. The van der Waals surface area contributed by atoms with Gasteiger partial charge < -0.3 is 15.8 Å². The number of amides is 1. The summed E-state index contributed by atoms with van der Waals surface area (Å²) in [5.41, 5.74) is 7.05. The van der Waals surface area contributed by atoms with Crippen LogP contribution in [0.4, 0.5) is 0 Å². The maximum absolute atomic E-state index is 12.0. The van der Waals surface area contributed by atoms with Crippen molar-refractivity contribution in [2.24, 2.45) is 11.7 Å². The Labute approximate surface area is 132 Å². The molecule has 118 valence electrons. The Bertz CT molecular complexity index is 414. The van der Waals surface area contributed by atoms with Crippen molar-refractivity contribution in [3.05, 3.63) is 35.9 Å². The van der Waals surface area contributed by atoms with E-state index in [9.17, 15) is 4.79 Å². The van der Waals surface area contributed by atoms with E-state index in [1.165, 1.54) is 0 Å². The zero-order valence-electron chi connectivity index (χ0n) is 12.3. The summed E-state index contributed by atoms with van der Waals surface area (Å²) in [7, 11) is 0. The molecule has 2 atom stereocenters. The van der Waals surface area contributed by atoms with Crippen LogP contribution in [0.15, 0.2) is 30.3 Å². The molecule has 1 fully saturated rings. The molecule has 0 aliphatic heterocycles. The van der Waals surface area contributed by atoms with Gasteiger partial charge in [0.1, 0.15) is 0 Å². The molecular formula is C16H25ClN2O2. The molecule has 0 spiro atoms. The minimum absolute atomic E-state index is 0. The molecule has 4 nitrogen and oxygen atoms in total. The number of ether oxygens (including phenoxy) is 1. The Balaban J connectivity index is 0.00000220. The maximum Gasteiger partial charge on any atom is 0.223 e. The molecule has 1 aromatic carbocycles. The van der Waals surface area contributed by atoms with Crippen LogP contribution < -0.4 is 11.1 Å². The largest absolute Gasteiger partial charge is 0.375 e. The van der Waals surface area contributed by atoms with Gasteiger partial charge in [0.2, 0.25) is 5.91 Å². The van der Waals surface area contributed by atoms with Gasteiger partial charge in [0, 0.05) is 18.5 Å². The number of hydrogen-bond donors (Lipinski definition) is 2. The summed E-state index contributed by atoms with van der Waals surface area (Å²) in [6.07, 6.45) is 3.88. The van der Waals surface area contributed by atoms with Crippen molar-refractivity contribution < 1.29 is 9.53 Å². The lowest BCUT2D eigenvalue weighted by Crippen LogP contribution is -2.38. The fourth-order valence-corrected chi connectivity index (χ4v) is 2.62. The number of hydrogen-bond acceptors (Lipinski definition) is 3. The van der Waals surface area contributed by atoms with E-state index >= 15 is 0 Å². The van der Waals surface area contributed by atoms with Crippen molar-refractivity contribution in [1.82, 2.24) is 5.32 Å². The molecule has 1 aliphatic rings. The first-order valence-electron chi connectivity index (χ1n) is 7.40. The van der Waals surface area contributed by atoms with Crippen LogP contribution in [0.25, 0.3) is 0 Å². The minimum atomic E-state index is 0. The fourth-order valence-electron chi connectivity index (χ4n) is 2.62. The second-order valence-corrected chi connectivity index (χ2v) is 5.45. The summed E-state index contributed by atoms with van der Waals surface area (Å²) in [5.74, 6) is 0.219. The van der Waals surface area contributed by atoms with Gasteiger partial charge in [-0.3, -0.25) is 4.79 Å². The smallest absolute Gasteiger partial charge is 0.223 e. The number of halogens is 1. The highest BCUT2D eigenvalue weighted by Crippen LogP contribution is 2.22. The molecule has 0 radical (unpaired) electrons. The summed E-state index contributed by atoms with van der Waals surface area (Å²) in [6, 6.07) is 10.2. The molecule has 21 heavy (non-hydrogen) atoms. The summed E-state index contributed by atoms with van der Waals surface area (Å²) >= 11 is 0. The lowest BCUT2D eigenvalue weighted by molar-refractivity contribution is -0.126. The molecule has 1 saturated carbocycles. The molecule has 0 bridgehead atoms. The summed E-state index contributed by atoms with van der Waals surface area (Å²) < 4.78 is 5.54. The average molecular weight is 313 g/mol. The van der Waals surface area contributed by atoms with Crippen LogP contribution in [0.1, 0.15) is 31.2 Å². The van der Waals surface area contributed by atoms with Gasteiger partial charge in [0.05, 0.1) is 13.2 Å². The highest BCUT2D eigenvalue weighted by atomic mass is 35.5. The van der Waals surface area contributed by atoms with E-state index in [1.54, 1.807) is 0 Å². The van der Waals surface area contributed by atoms with Crippen molar-refractivity contribution in [1.29, 1.82) is 0 Å². The highest BCUT2D eigenvalue weighted by molar-refractivity contribution is 5.85. The van der Waals surface area contributed by atoms with Gasteiger partial charge in [-0.05, 0) is 24.8 Å². The topological polar surface area (TPSA) is 64.4 Å². The van der Waals surface area contributed by atoms with Crippen LogP contribution in [-0.4, -0.2) is 25.1 Å². The first kappa shape index (κ1) is 18.0. The Morgan fingerprint density at radius 2 is 2.05 bits per heavy atom. The van der Waals surface area contributed by atoms with Crippen molar-refractivity contribution in [2.45, 2.75) is 38.3 Å². The minimum Gasteiger partial charge on any atom is -0.375 e. The zero-order valence-corrected chi connectivity index (χ0v) is 13.1. The third kappa shape index (κ3) is 6.46. The van der Waals surface area contributed by atoms with Gasteiger partial charge >= 0.3 is 0 Å². The van der Waals surface area contributed by atoms with Crippen LogP contribution in [0, 0.1) is 5.92 Å². The molecular weight excluding hydrogens is 288 g/mol. The van der Waals surface area contributed by atoms with Gasteiger partial charge in [-0.1, -0.05) is 36.8 Å². The average Bonchev–Trinajstić information content (AvgIpc) is 2.48. The molecule has 1 aliphatic carbocycles. The second-order valence-electron chi connectivity index (χ2n) is 5.45. The van der Waals surface area contributed by atoms with Gasteiger partial charge in [-0.2, -0.15) is 0 Å². The Kier molecular flexibility index (Phi) is 8.35. The Morgan fingerprint density at radius 3 is 2.76 bits per heavy atom. The number of rotatable bonds is 6. The third-order valence-electron chi connectivity index (χ3n) is 3.74. The van der Waals surface area contributed by atoms with Crippen LogP contribution in [0.5, 0.6) is 0 Å². The van der Waals surface area contributed by atoms with E-state index in [1.807, 2.05) is 30.3 Å². The summed E-state index contributed by atoms with van der Waals surface area (Å²) in [6.45, 7) is 1.70. The van der Waals surface area contributed by atoms with E-state index in [-0.39, 0.29) is 30.3 Å². The predicted molar refractivity (Wildman–Crippen MR) is 86.3 cm³/mol. The number of carbonyl (C=O) groups is 1. The van der Waals surface area contributed by atoms with Crippen molar-refractivity contribution in [2.75, 3.05) is 13.2 Å². The van der Waals surface area contributed by atoms with E-state index in [4.69, 9.17) is 10.5 Å².